The van der Waals surface area contributed by atoms with Crippen LogP contribution in [0.1, 0.15) is 25.1 Å². The van der Waals surface area contributed by atoms with Crippen LogP contribution in [0, 0.1) is 6.92 Å². The Labute approximate surface area is 178 Å². The maximum atomic E-state index is 11.8. The van der Waals surface area contributed by atoms with E-state index in [0.29, 0.717) is 18.4 Å². The number of halogens is 1. The fourth-order valence-corrected chi connectivity index (χ4v) is 2.37. The third-order valence-corrected chi connectivity index (χ3v) is 6.35. The molecule has 0 saturated heterocycles. The minimum absolute atomic E-state index is 0. The third-order valence-electron chi connectivity index (χ3n) is 4.20. The van der Waals surface area contributed by atoms with Crippen molar-refractivity contribution in [3.8, 4) is 11.5 Å². The molecule has 0 aliphatic heterocycles. The molecule has 0 fully saturated rings. The predicted molar refractivity (Wildman–Crippen MR) is 119 cm³/mol. The number of hydrogen-bond acceptors (Lipinski definition) is 5. The zero-order valence-electron chi connectivity index (χ0n) is 16.2. The lowest BCUT2D eigenvalue weighted by atomic mass is 10.1. The molecule has 1 aromatic heterocycles. The summed E-state index contributed by atoms with van der Waals surface area (Å²) in [5.41, 5.74) is 2.82. The minimum atomic E-state index is -3.18. The van der Waals surface area contributed by atoms with Crippen LogP contribution >= 0.6 is 24.0 Å². The van der Waals surface area contributed by atoms with Gasteiger partial charge in [0.2, 0.25) is 5.89 Å². The Kier molecular flexibility index (Phi) is 8.27. The molecule has 2 rings (SSSR count). The van der Waals surface area contributed by atoms with Gasteiger partial charge in [0.25, 0.3) is 0 Å². The number of rotatable bonds is 6. The number of sulfone groups is 1. The van der Waals surface area contributed by atoms with Crippen molar-refractivity contribution in [2.24, 2.45) is 4.99 Å². The van der Waals surface area contributed by atoms with Gasteiger partial charge >= 0.3 is 0 Å². The summed E-state index contributed by atoms with van der Waals surface area (Å²) < 4.78 is 28.2. The van der Waals surface area contributed by atoms with Gasteiger partial charge < -0.3 is 15.1 Å². The monoisotopic (exact) mass is 506 g/mol. The van der Waals surface area contributed by atoms with Gasteiger partial charge in [-0.05, 0) is 32.9 Å². The van der Waals surface area contributed by atoms with Gasteiger partial charge in [-0.2, -0.15) is 0 Å². The molecule has 0 aliphatic carbocycles. The van der Waals surface area contributed by atoms with E-state index in [1.165, 1.54) is 11.8 Å². The molecule has 9 heteroatoms. The zero-order chi connectivity index (χ0) is 19.4. The Bertz CT molecular complexity index is 874. The van der Waals surface area contributed by atoms with Crippen molar-refractivity contribution in [1.82, 2.24) is 15.6 Å². The second kappa shape index (κ2) is 9.54. The van der Waals surface area contributed by atoms with Crippen molar-refractivity contribution in [2.75, 3.05) is 19.8 Å². The first-order chi connectivity index (χ1) is 12.1. The molecule has 0 bridgehead atoms. The summed E-state index contributed by atoms with van der Waals surface area (Å²) in [6, 6.07) is 7.94. The number of benzene rings is 1. The van der Waals surface area contributed by atoms with E-state index in [0.717, 1.165) is 11.3 Å². The molecular weight excluding hydrogens is 479 g/mol. The molecule has 0 spiro atoms. The van der Waals surface area contributed by atoms with Crippen molar-refractivity contribution in [3.05, 3.63) is 41.8 Å². The van der Waals surface area contributed by atoms with Crippen LogP contribution in [0.3, 0.4) is 0 Å². The Morgan fingerprint density at radius 1 is 1.22 bits per heavy atom. The fourth-order valence-electron chi connectivity index (χ4n) is 2.04. The van der Waals surface area contributed by atoms with Gasteiger partial charge in [-0.3, -0.25) is 4.99 Å². The van der Waals surface area contributed by atoms with E-state index < -0.39 is 14.6 Å². The SMILES string of the molecule is CN=C(NCc1coc(-c2ccc(C)cc2)n1)NCC(C)(C)S(C)(=O)=O.I. The fraction of sp³-hybridized carbons (Fsp3) is 0.444. The molecule has 1 aromatic carbocycles. The van der Waals surface area contributed by atoms with E-state index in [1.54, 1.807) is 27.2 Å². The van der Waals surface area contributed by atoms with Crippen LogP contribution in [0.4, 0.5) is 0 Å². The molecule has 0 saturated carbocycles. The average molecular weight is 506 g/mol. The molecule has 0 aliphatic rings. The number of nitrogens with zero attached hydrogens (tertiary/aromatic N) is 2. The summed E-state index contributed by atoms with van der Waals surface area (Å²) in [6.07, 6.45) is 2.82. The van der Waals surface area contributed by atoms with Crippen molar-refractivity contribution >= 4 is 39.8 Å². The van der Waals surface area contributed by atoms with E-state index in [4.69, 9.17) is 4.42 Å². The maximum Gasteiger partial charge on any atom is 0.226 e. The molecule has 1 heterocycles. The average Bonchev–Trinajstić information content (AvgIpc) is 3.03. The Balaban J connectivity index is 0.00000364. The van der Waals surface area contributed by atoms with Gasteiger partial charge in [-0.1, -0.05) is 17.7 Å². The molecule has 2 N–H and O–H groups in total. The second-order valence-corrected chi connectivity index (χ2v) is 9.47. The number of aromatic nitrogens is 1. The molecule has 2 aromatic rings. The normalized spacial score (nSPS) is 12.4. The van der Waals surface area contributed by atoms with Crippen LogP contribution < -0.4 is 10.6 Å². The van der Waals surface area contributed by atoms with E-state index >= 15 is 0 Å². The number of aryl methyl sites for hydroxylation is 1. The molecule has 27 heavy (non-hydrogen) atoms. The van der Waals surface area contributed by atoms with Crippen molar-refractivity contribution in [3.63, 3.8) is 0 Å². The van der Waals surface area contributed by atoms with Gasteiger partial charge in [0.1, 0.15) is 6.26 Å². The zero-order valence-corrected chi connectivity index (χ0v) is 19.4. The van der Waals surface area contributed by atoms with Crippen LogP contribution in [0.15, 0.2) is 39.9 Å². The summed E-state index contributed by atoms with van der Waals surface area (Å²) in [5.74, 6) is 1.06. The van der Waals surface area contributed by atoms with E-state index in [2.05, 4.69) is 20.6 Å². The summed E-state index contributed by atoms with van der Waals surface area (Å²) in [4.78, 5) is 8.56. The Morgan fingerprint density at radius 2 is 1.85 bits per heavy atom. The smallest absolute Gasteiger partial charge is 0.226 e. The quantitative estimate of drug-likeness (QED) is 0.356. The second-order valence-electron chi connectivity index (χ2n) is 6.82. The summed E-state index contributed by atoms with van der Waals surface area (Å²) in [6.45, 7) is 6.04. The molecule has 0 atom stereocenters. The first-order valence-electron chi connectivity index (χ1n) is 8.28. The number of aliphatic imine (C=N–C) groups is 1. The van der Waals surface area contributed by atoms with Crippen molar-refractivity contribution in [2.45, 2.75) is 32.1 Å². The molecule has 0 unspecified atom stereocenters. The number of guanidine groups is 1. The summed E-state index contributed by atoms with van der Waals surface area (Å²) in [5, 5.41) is 6.14. The minimum Gasteiger partial charge on any atom is -0.444 e. The third kappa shape index (κ3) is 6.49. The Morgan fingerprint density at radius 3 is 2.41 bits per heavy atom. The first-order valence-corrected chi connectivity index (χ1v) is 10.2. The highest BCUT2D eigenvalue weighted by molar-refractivity contribution is 14.0. The van der Waals surface area contributed by atoms with Gasteiger partial charge in [0, 0.05) is 25.4 Å². The van der Waals surface area contributed by atoms with E-state index in [1.807, 2.05) is 31.2 Å². The number of hydrogen-bond donors (Lipinski definition) is 2. The lowest BCUT2D eigenvalue weighted by Crippen LogP contribution is -2.47. The lowest BCUT2D eigenvalue weighted by Gasteiger charge is -2.24. The van der Waals surface area contributed by atoms with Crippen LogP contribution in [0.25, 0.3) is 11.5 Å². The standard InChI is InChI=1S/C18H26N4O3S.HI/c1-13-6-8-14(9-7-13)16-22-15(11-25-16)10-20-17(19-4)21-12-18(2,3)26(5,23)24;/h6-9,11H,10,12H2,1-5H3,(H2,19,20,21);1H. The summed E-state index contributed by atoms with van der Waals surface area (Å²) >= 11 is 0. The van der Waals surface area contributed by atoms with Gasteiger partial charge in [0.15, 0.2) is 15.8 Å². The number of nitrogens with one attached hydrogen (secondary N) is 2. The molecule has 150 valence electrons. The summed E-state index contributed by atoms with van der Waals surface area (Å²) in [7, 11) is -1.55. The molecule has 0 amide bonds. The molecular formula is C18H27IN4O3S. The highest BCUT2D eigenvalue weighted by atomic mass is 127. The molecule has 0 radical (unpaired) electrons. The van der Waals surface area contributed by atoms with Crippen LogP contribution in [-0.4, -0.2) is 44.0 Å². The van der Waals surface area contributed by atoms with Crippen LogP contribution in [0.5, 0.6) is 0 Å². The number of oxazole rings is 1. The van der Waals surface area contributed by atoms with Crippen LogP contribution in [-0.2, 0) is 16.4 Å². The highest BCUT2D eigenvalue weighted by Crippen LogP contribution is 2.19. The predicted octanol–water partition coefficient (Wildman–Crippen LogP) is 2.76. The van der Waals surface area contributed by atoms with Gasteiger partial charge in [0.05, 0.1) is 17.0 Å². The first kappa shape index (κ1) is 23.4. The van der Waals surface area contributed by atoms with E-state index in [9.17, 15) is 8.42 Å². The van der Waals surface area contributed by atoms with Crippen molar-refractivity contribution in [1.29, 1.82) is 0 Å². The van der Waals surface area contributed by atoms with E-state index in [-0.39, 0.29) is 30.5 Å². The van der Waals surface area contributed by atoms with Crippen molar-refractivity contribution < 1.29 is 12.8 Å². The van der Waals surface area contributed by atoms with Gasteiger partial charge in [-0.25, -0.2) is 13.4 Å². The lowest BCUT2D eigenvalue weighted by molar-refractivity contribution is 0.544. The van der Waals surface area contributed by atoms with Crippen LogP contribution in [0.2, 0.25) is 0 Å². The van der Waals surface area contributed by atoms with Gasteiger partial charge in [-0.15, -0.1) is 24.0 Å². The molecule has 7 nitrogen and oxygen atoms in total. The maximum absolute atomic E-state index is 11.8. The Hall–Kier alpha value is -1.62. The highest BCUT2D eigenvalue weighted by Gasteiger charge is 2.30. The largest absolute Gasteiger partial charge is 0.444 e. The topological polar surface area (TPSA) is 96.6 Å².